The molecule has 3 nitrogen and oxygen atoms in total. The van der Waals surface area contributed by atoms with E-state index in [-0.39, 0.29) is 0 Å². The van der Waals surface area contributed by atoms with Gasteiger partial charge in [0.1, 0.15) is 6.07 Å². The summed E-state index contributed by atoms with van der Waals surface area (Å²) in [5, 5.41) is 12.2. The third kappa shape index (κ3) is 4.20. The summed E-state index contributed by atoms with van der Waals surface area (Å²) < 4.78 is 0. The summed E-state index contributed by atoms with van der Waals surface area (Å²) in [4.78, 5) is 0. The van der Waals surface area contributed by atoms with Crippen molar-refractivity contribution in [2.45, 2.75) is 26.3 Å². The summed E-state index contributed by atoms with van der Waals surface area (Å²) in [5.74, 6) is 2.29. The van der Waals surface area contributed by atoms with Gasteiger partial charge in [0.2, 0.25) is 0 Å². The van der Waals surface area contributed by atoms with Gasteiger partial charge in [-0.05, 0) is 37.0 Å². The molecule has 1 aromatic carbocycles. The number of nitriles is 1. The molecule has 0 aliphatic rings. The molecule has 1 aromatic rings. The second-order valence-corrected chi connectivity index (χ2v) is 5.30. The molecular weight excluding hydrogens is 230 g/mol. The van der Waals surface area contributed by atoms with Crippen LogP contribution < -0.4 is 11.1 Å². The van der Waals surface area contributed by atoms with Gasteiger partial charge in [0.25, 0.3) is 0 Å². The lowest BCUT2D eigenvalue weighted by Crippen LogP contribution is -2.17. The summed E-state index contributed by atoms with van der Waals surface area (Å²) in [6.45, 7) is 4.30. The van der Waals surface area contributed by atoms with Crippen molar-refractivity contribution in [1.82, 2.24) is 0 Å². The topological polar surface area (TPSA) is 61.8 Å². The maximum Gasteiger partial charge on any atom is 0.101 e. The zero-order valence-corrected chi connectivity index (χ0v) is 11.2. The summed E-state index contributed by atoms with van der Waals surface area (Å²) in [7, 11) is 0. The van der Waals surface area contributed by atoms with Gasteiger partial charge in [-0.25, -0.2) is 0 Å². The van der Waals surface area contributed by atoms with E-state index in [2.05, 4.69) is 25.2 Å². The van der Waals surface area contributed by atoms with Crippen LogP contribution in [0.15, 0.2) is 18.2 Å². The first-order chi connectivity index (χ1) is 8.19. The van der Waals surface area contributed by atoms with Gasteiger partial charge in [0.15, 0.2) is 0 Å². The molecule has 1 unspecified atom stereocenters. The number of benzene rings is 1. The fourth-order valence-corrected chi connectivity index (χ4v) is 2.34. The van der Waals surface area contributed by atoms with Crippen molar-refractivity contribution in [1.29, 1.82) is 5.26 Å². The van der Waals surface area contributed by atoms with E-state index in [4.69, 9.17) is 11.0 Å². The zero-order chi connectivity index (χ0) is 12.7. The average molecular weight is 249 g/mol. The van der Waals surface area contributed by atoms with Gasteiger partial charge in [-0.3, -0.25) is 0 Å². The minimum atomic E-state index is 0.366. The highest BCUT2D eigenvalue weighted by Gasteiger charge is 2.07. The van der Waals surface area contributed by atoms with Crippen LogP contribution in [-0.2, 0) is 0 Å². The van der Waals surface area contributed by atoms with Crippen LogP contribution in [0.5, 0.6) is 0 Å². The molecule has 0 fully saturated rings. The molecule has 3 N–H and O–H groups in total. The number of anilines is 2. The lowest BCUT2D eigenvalue weighted by Gasteiger charge is -2.16. The van der Waals surface area contributed by atoms with Gasteiger partial charge in [-0.15, -0.1) is 0 Å². The Kier molecular flexibility index (Phi) is 5.71. The van der Waals surface area contributed by atoms with Crippen molar-refractivity contribution in [3.05, 3.63) is 23.8 Å². The number of nitrogens with zero attached hydrogens (tertiary/aromatic N) is 1. The maximum absolute atomic E-state index is 8.89. The first-order valence-corrected chi connectivity index (χ1v) is 6.97. The lowest BCUT2D eigenvalue weighted by atomic mass is 10.1. The monoisotopic (exact) mass is 249 g/mol. The first kappa shape index (κ1) is 13.7. The first-order valence-electron chi connectivity index (χ1n) is 5.82. The summed E-state index contributed by atoms with van der Waals surface area (Å²) >= 11 is 1.94. The summed E-state index contributed by atoms with van der Waals surface area (Å²) in [6, 6.07) is 7.96. The number of nitrogens with one attached hydrogen (secondary N) is 1. The van der Waals surface area contributed by atoms with E-state index in [0.717, 1.165) is 23.6 Å². The van der Waals surface area contributed by atoms with Crippen LogP contribution in [-0.4, -0.2) is 17.5 Å². The maximum atomic E-state index is 8.89. The highest BCUT2D eigenvalue weighted by Crippen LogP contribution is 2.23. The smallest absolute Gasteiger partial charge is 0.101 e. The number of nitrogens with two attached hydrogens (primary N) is 1. The van der Waals surface area contributed by atoms with Crippen molar-refractivity contribution in [3.63, 3.8) is 0 Å². The molecule has 0 spiro atoms. The molecule has 0 radical (unpaired) electrons. The Morgan fingerprint density at radius 3 is 2.94 bits per heavy atom. The van der Waals surface area contributed by atoms with Crippen molar-refractivity contribution in [2.24, 2.45) is 0 Å². The molecule has 0 heterocycles. The van der Waals surface area contributed by atoms with Crippen molar-refractivity contribution in [3.8, 4) is 6.07 Å². The van der Waals surface area contributed by atoms with Crippen LogP contribution in [0.4, 0.5) is 11.4 Å². The highest BCUT2D eigenvalue weighted by molar-refractivity contribution is 7.99. The molecule has 17 heavy (non-hydrogen) atoms. The molecular formula is C13H19N3S. The molecule has 4 heteroatoms. The minimum Gasteiger partial charge on any atom is -0.396 e. The second-order valence-electron chi connectivity index (χ2n) is 3.91. The molecule has 92 valence electrons. The largest absolute Gasteiger partial charge is 0.396 e. The van der Waals surface area contributed by atoms with Crippen molar-refractivity contribution >= 4 is 23.1 Å². The third-order valence-corrected chi connectivity index (χ3v) is 3.46. The number of para-hydroxylation sites is 1. The second kappa shape index (κ2) is 7.08. The van der Waals surface area contributed by atoms with Gasteiger partial charge < -0.3 is 11.1 Å². The Bertz CT molecular complexity index is 398. The molecule has 0 bridgehead atoms. The number of nitrogen functional groups attached to an aromatic ring is 1. The molecule has 0 saturated heterocycles. The Balaban J connectivity index is 2.59. The number of rotatable bonds is 6. The van der Waals surface area contributed by atoms with Crippen LogP contribution in [0.2, 0.25) is 0 Å². The van der Waals surface area contributed by atoms with E-state index in [0.29, 0.717) is 17.3 Å². The SMILES string of the molecule is CCSCCC(C)Nc1cccc(C#N)c1N. The Hall–Kier alpha value is -1.34. The predicted octanol–water partition coefficient (Wildman–Crippen LogP) is 3.08. The summed E-state index contributed by atoms with van der Waals surface area (Å²) in [6.07, 6.45) is 1.09. The fraction of sp³-hybridized carbons (Fsp3) is 0.462. The molecule has 0 aromatic heterocycles. The van der Waals surface area contributed by atoms with E-state index in [1.807, 2.05) is 23.9 Å². The molecule has 1 rings (SSSR count). The number of hydrogen-bond donors (Lipinski definition) is 2. The van der Waals surface area contributed by atoms with Gasteiger partial charge in [-0.2, -0.15) is 17.0 Å². The normalized spacial score (nSPS) is 11.8. The van der Waals surface area contributed by atoms with E-state index in [1.165, 1.54) is 0 Å². The van der Waals surface area contributed by atoms with E-state index in [1.54, 1.807) is 6.07 Å². The minimum absolute atomic E-state index is 0.366. The van der Waals surface area contributed by atoms with E-state index < -0.39 is 0 Å². The van der Waals surface area contributed by atoms with E-state index >= 15 is 0 Å². The van der Waals surface area contributed by atoms with E-state index in [9.17, 15) is 0 Å². The van der Waals surface area contributed by atoms with Gasteiger partial charge in [0, 0.05) is 6.04 Å². The Morgan fingerprint density at radius 1 is 1.53 bits per heavy atom. The van der Waals surface area contributed by atoms with Crippen LogP contribution in [0, 0.1) is 11.3 Å². The summed E-state index contributed by atoms with van der Waals surface area (Å²) in [5.41, 5.74) is 7.84. The van der Waals surface area contributed by atoms with Gasteiger partial charge >= 0.3 is 0 Å². The van der Waals surface area contributed by atoms with Gasteiger partial charge in [-0.1, -0.05) is 13.0 Å². The van der Waals surface area contributed by atoms with Crippen LogP contribution in [0.25, 0.3) is 0 Å². The quantitative estimate of drug-likeness (QED) is 0.601. The molecule has 1 atom stereocenters. The van der Waals surface area contributed by atoms with Crippen molar-refractivity contribution < 1.29 is 0 Å². The highest BCUT2D eigenvalue weighted by atomic mass is 32.2. The average Bonchev–Trinajstić information content (AvgIpc) is 2.32. The number of thioether (sulfide) groups is 1. The molecule has 0 aliphatic heterocycles. The van der Waals surface area contributed by atoms with Crippen LogP contribution >= 0.6 is 11.8 Å². The molecule has 0 aliphatic carbocycles. The van der Waals surface area contributed by atoms with Gasteiger partial charge in [0.05, 0.1) is 16.9 Å². The predicted molar refractivity (Wildman–Crippen MR) is 76.3 cm³/mol. The molecule has 0 saturated carbocycles. The van der Waals surface area contributed by atoms with Crippen LogP contribution in [0.1, 0.15) is 25.8 Å². The molecule has 0 amide bonds. The van der Waals surface area contributed by atoms with Crippen molar-refractivity contribution in [2.75, 3.05) is 22.6 Å². The Labute approximate surface area is 107 Å². The third-order valence-electron chi connectivity index (χ3n) is 2.53. The zero-order valence-electron chi connectivity index (χ0n) is 10.4. The Morgan fingerprint density at radius 2 is 2.29 bits per heavy atom. The van der Waals surface area contributed by atoms with Crippen LogP contribution in [0.3, 0.4) is 0 Å². The standard InChI is InChI=1S/C13H19N3S/c1-3-17-8-7-10(2)16-12-6-4-5-11(9-14)13(12)15/h4-6,10,16H,3,7-8,15H2,1-2H3. The number of hydrogen-bond acceptors (Lipinski definition) is 4. The lowest BCUT2D eigenvalue weighted by molar-refractivity contribution is 0.772. The fourth-order valence-electron chi connectivity index (χ4n) is 1.53.